The van der Waals surface area contributed by atoms with Crippen LogP contribution in [0.15, 0.2) is 24.3 Å². The molecule has 1 aromatic carbocycles. The Morgan fingerprint density at radius 2 is 1.74 bits per heavy atom. The molecule has 0 aliphatic heterocycles. The molecule has 0 atom stereocenters. The Morgan fingerprint density at radius 3 is 2.32 bits per heavy atom. The lowest BCUT2D eigenvalue weighted by atomic mass is 10.0. The Kier molecular flexibility index (Phi) is 5.40. The number of carbonyl (C=O) groups is 1. The lowest BCUT2D eigenvalue weighted by molar-refractivity contribution is 0.0697. The Labute approximate surface area is 115 Å². The summed E-state index contributed by atoms with van der Waals surface area (Å²) in [7, 11) is 0. The van der Waals surface area contributed by atoms with E-state index in [0.29, 0.717) is 5.56 Å². The van der Waals surface area contributed by atoms with Gasteiger partial charge >= 0.3 is 5.97 Å². The van der Waals surface area contributed by atoms with Gasteiger partial charge in [-0.05, 0) is 43.0 Å². The smallest absolute Gasteiger partial charge is 0.335 e. The molecule has 3 nitrogen and oxygen atoms in total. The maximum atomic E-state index is 10.7. The maximum Gasteiger partial charge on any atom is 0.335 e. The number of aromatic carboxylic acids is 1. The molecule has 1 aromatic rings. The first-order valence-corrected chi connectivity index (χ1v) is 7.28. The Morgan fingerprint density at radius 1 is 1.11 bits per heavy atom. The third-order valence-electron chi connectivity index (χ3n) is 3.94. The van der Waals surface area contributed by atoms with Crippen molar-refractivity contribution in [1.82, 2.24) is 5.32 Å². The quantitative estimate of drug-likeness (QED) is 0.798. The first kappa shape index (κ1) is 14.1. The summed E-state index contributed by atoms with van der Waals surface area (Å²) in [6.07, 6.45) is 8.25. The minimum Gasteiger partial charge on any atom is -0.478 e. The molecule has 1 saturated carbocycles. The molecule has 0 bridgehead atoms. The van der Waals surface area contributed by atoms with Gasteiger partial charge in [-0.1, -0.05) is 37.8 Å². The number of benzene rings is 1. The first-order valence-electron chi connectivity index (χ1n) is 7.28. The van der Waals surface area contributed by atoms with Crippen LogP contribution in [0.4, 0.5) is 0 Å². The molecule has 0 aromatic heterocycles. The van der Waals surface area contributed by atoms with Crippen LogP contribution < -0.4 is 5.32 Å². The van der Waals surface area contributed by atoms with Crippen LogP contribution in [0.3, 0.4) is 0 Å². The average Bonchev–Trinajstić information content (AvgIpc) is 2.68. The highest BCUT2D eigenvalue weighted by atomic mass is 16.4. The predicted octanol–water partition coefficient (Wildman–Crippen LogP) is 3.44. The molecule has 0 spiro atoms. The second-order valence-electron chi connectivity index (χ2n) is 5.49. The Balaban J connectivity index is 1.74. The van der Waals surface area contributed by atoms with Crippen molar-refractivity contribution < 1.29 is 9.90 Å². The summed E-state index contributed by atoms with van der Waals surface area (Å²) >= 11 is 0. The van der Waals surface area contributed by atoms with Gasteiger partial charge in [0.15, 0.2) is 0 Å². The highest BCUT2D eigenvalue weighted by molar-refractivity contribution is 5.87. The van der Waals surface area contributed by atoms with E-state index in [1.54, 1.807) is 12.1 Å². The summed E-state index contributed by atoms with van der Waals surface area (Å²) in [5.74, 6) is -0.0428. The highest BCUT2D eigenvalue weighted by Crippen LogP contribution is 2.22. The number of hydrogen-bond acceptors (Lipinski definition) is 2. The van der Waals surface area contributed by atoms with Gasteiger partial charge in [-0.25, -0.2) is 4.79 Å². The highest BCUT2D eigenvalue weighted by Gasteiger charge is 2.11. The van der Waals surface area contributed by atoms with Gasteiger partial charge in [-0.2, -0.15) is 0 Å². The van der Waals surface area contributed by atoms with Gasteiger partial charge in [0, 0.05) is 6.54 Å². The number of nitrogens with one attached hydrogen (secondary N) is 1. The van der Waals surface area contributed by atoms with Crippen molar-refractivity contribution in [2.75, 3.05) is 6.54 Å². The zero-order valence-corrected chi connectivity index (χ0v) is 11.4. The number of carboxylic acid groups (broad SMARTS) is 1. The van der Waals surface area contributed by atoms with Gasteiger partial charge < -0.3 is 10.4 Å². The van der Waals surface area contributed by atoms with Crippen molar-refractivity contribution in [3.8, 4) is 0 Å². The third kappa shape index (κ3) is 4.67. The average molecular weight is 261 g/mol. The molecule has 0 heterocycles. The van der Waals surface area contributed by atoms with Crippen molar-refractivity contribution in [2.24, 2.45) is 5.92 Å². The zero-order chi connectivity index (χ0) is 13.5. The van der Waals surface area contributed by atoms with Crippen molar-refractivity contribution >= 4 is 5.97 Å². The van der Waals surface area contributed by atoms with Gasteiger partial charge in [-0.15, -0.1) is 0 Å². The summed E-state index contributed by atoms with van der Waals surface area (Å²) in [4.78, 5) is 10.7. The second kappa shape index (κ2) is 7.29. The number of hydrogen-bond donors (Lipinski definition) is 2. The summed E-state index contributed by atoms with van der Waals surface area (Å²) in [5, 5.41) is 12.3. The van der Waals surface area contributed by atoms with Crippen LogP contribution in [0, 0.1) is 5.92 Å². The number of rotatable bonds is 5. The molecule has 0 saturated heterocycles. The standard InChI is InChI=1S/C16H23NO2/c18-16(19)15-9-7-14(8-10-15)12-17-11-13-5-3-1-2-4-6-13/h7-10,13,17H,1-6,11-12H2,(H,18,19). The molecule has 0 unspecified atom stereocenters. The minimum atomic E-state index is -0.863. The topological polar surface area (TPSA) is 49.3 Å². The summed E-state index contributed by atoms with van der Waals surface area (Å²) in [5.41, 5.74) is 1.51. The summed E-state index contributed by atoms with van der Waals surface area (Å²) in [6, 6.07) is 7.13. The fourth-order valence-electron chi connectivity index (χ4n) is 2.75. The molecule has 19 heavy (non-hydrogen) atoms. The van der Waals surface area contributed by atoms with E-state index in [0.717, 1.165) is 24.6 Å². The maximum absolute atomic E-state index is 10.7. The minimum absolute atomic E-state index is 0.354. The monoisotopic (exact) mass is 261 g/mol. The molecule has 0 amide bonds. The number of carboxylic acids is 1. The third-order valence-corrected chi connectivity index (χ3v) is 3.94. The van der Waals surface area contributed by atoms with Crippen LogP contribution >= 0.6 is 0 Å². The van der Waals surface area contributed by atoms with Crippen LogP contribution in [0.1, 0.15) is 54.4 Å². The molecule has 2 N–H and O–H groups in total. The summed E-state index contributed by atoms with van der Waals surface area (Å²) < 4.78 is 0. The van der Waals surface area contributed by atoms with E-state index in [4.69, 9.17) is 5.11 Å². The van der Waals surface area contributed by atoms with E-state index < -0.39 is 5.97 Å². The molecule has 1 fully saturated rings. The van der Waals surface area contributed by atoms with E-state index in [1.807, 2.05) is 12.1 Å². The van der Waals surface area contributed by atoms with Crippen molar-refractivity contribution in [2.45, 2.75) is 45.1 Å². The van der Waals surface area contributed by atoms with Gasteiger partial charge in [0.25, 0.3) is 0 Å². The Bertz CT molecular complexity index is 392. The lowest BCUT2D eigenvalue weighted by Crippen LogP contribution is -2.22. The SMILES string of the molecule is O=C(O)c1ccc(CNCC2CCCCCC2)cc1. The molecule has 0 radical (unpaired) electrons. The molecular weight excluding hydrogens is 238 g/mol. The molecule has 1 aliphatic rings. The molecule has 104 valence electrons. The predicted molar refractivity (Wildman–Crippen MR) is 76.3 cm³/mol. The van der Waals surface area contributed by atoms with Crippen LogP contribution in [0.25, 0.3) is 0 Å². The fraction of sp³-hybridized carbons (Fsp3) is 0.562. The molecule has 3 heteroatoms. The van der Waals surface area contributed by atoms with Crippen LogP contribution in [-0.2, 0) is 6.54 Å². The van der Waals surface area contributed by atoms with Crippen LogP contribution in [0.2, 0.25) is 0 Å². The van der Waals surface area contributed by atoms with Gasteiger partial charge in [0.05, 0.1) is 5.56 Å². The van der Waals surface area contributed by atoms with E-state index in [9.17, 15) is 4.79 Å². The van der Waals surface area contributed by atoms with E-state index in [-0.39, 0.29) is 0 Å². The van der Waals surface area contributed by atoms with Gasteiger partial charge in [0.1, 0.15) is 0 Å². The van der Waals surface area contributed by atoms with Crippen molar-refractivity contribution in [3.63, 3.8) is 0 Å². The normalized spacial score (nSPS) is 17.1. The van der Waals surface area contributed by atoms with Gasteiger partial charge in [0.2, 0.25) is 0 Å². The summed E-state index contributed by atoms with van der Waals surface area (Å²) in [6.45, 7) is 1.91. The van der Waals surface area contributed by atoms with Gasteiger partial charge in [-0.3, -0.25) is 0 Å². The Hall–Kier alpha value is -1.35. The zero-order valence-electron chi connectivity index (χ0n) is 11.4. The fourth-order valence-corrected chi connectivity index (χ4v) is 2.75. The van der Waals surface area contributed by atoms with E-state index in [1.165, 1.54) is 38.5 Å². The largest absolute Gasteiger partial charge is 0.478 e. The molecular formula is C16H23NO2. The van der Waals surface area contributed by atoms with Crippen LogP contribution in [0.5, 0.6) is 0 Å². The second-order valence-corrected chi connectivity index (χ2v) is 5.49. The van der Waals surface area contributed by atoms with Crippen molar-refractivity contribution in [3.05, 3.63) is 35.4 Å². The van der Waals surface area contributed by atoms with E-state index >= 15 is 0 Å². The lowest BCUT2D eigenvalue weighted by Gasteiger charge is -2.14. The first-order chi connectivity index (χ1) is 9.25. The molecule has 2 rings (SSSR count). The van der Waals surface area contributed by atoms with Crippen molar-refractivity contribution in [1.29, 1.82) is 0 Å². The van der Waals surface area contributed by atoms with Crippen LogP contribution in [-0.4, -0.2) is 17.6 Å². The molecule has 1 aliphatic carbocycles. The van der Waals surface area contributed by atoms with E-state index in [2.05, 4.69) is 5.32 Å².